The molecule has 154 valence electrons. The summed E-state index contributed by atoms with van der Waals surface area (Å²) in [5.41, 5.74) is 5.65. The van der Waals surface area contributed by atoms with Crippen LogP contribution in [0, 0.1) is 0 Å². The fourth-order valence-electron chi connectivity index (χ4n) is 3.66. The average molecular weight is 544 g/mol. The third-order valence-electron chi connectivity index (χ3n) is 5.39. The molecule has 1 unspecified atom stereocenters. The summed E-state index contributed by atoms with van der Waals surface area (Å²) in [4.78, 5) is 14.6. The van der Waals surface area contributed by atoms with Crippen LogP contribution in [0.3, 0.4) is 0 Å². The van der Waals surface area contributed by atoms with E-state index in [9.17, 15) is 9.90 Å². The number of carbonyl (C=O) groups excluding carboxylic acids is 1. The molecule has 1 heterocycles. The lowest BCUT2D eigenvalue weighted by atomic mass is 9.80. The molecule has 0 aliphatic carbocycles. The molecule has 29 heavy (non-hydrogen) atoms. The van der Waals surface area contributed by atoms with E-state index < -0.39 is 5.91 Å². The lowest BCUT2D eigenvalue weighted by Gasteiger charge is -2.45. The van der Waals surface area contributed by atoms with Gasteiger partial charge in [-0.05, 0) is 71.9 Å². The number of aromatic hydroxyl groups is 1. The number of hydrazone groups is 1. The molecule has 0 fully saturated rings. The van der Waals surface area contributed by atoms with Crippen molar-refractivity contribution >= 4 is 61.3 Å². The number of halogens is 3. The van der Waals surface area contributed by atoms with Crippen molar-refractivity contribution in [3.8, 4) is 5.75 Å². The van der Waals surface area contributed by atoms with E-state index in [0.717, 1.165) is 17.7 Å². The smallest absolute Gasteiger partial charge is 0.275 e. The zero-order valence-electron chi connectivity index (χ0n) is 16.6. The number of benzene rings is 2. The molecule has 1 amide bonds. The Morgan fingerprint density at radius 1 is 1.34 bits per heavy atom. The van der Waals surface area contributed by atoms with Gasteiger partial charge in [0.25, 0.3) is 5.91 Å². The van der Waals surface area contributed by atoms with Crippen LogP contribution in [0.25, 0.3) is 0 Å². The second kappa shape index (κ2) is 8.28. The monoisotopic (exact) mass is 541 g/mol. The molecule has 0 saturated carbocycles. The van der Waals surface area contributed by atoms with Crippen LogP contribution in [0.5, 0.6) is 5.75 Å². The van der Waals surface area contributed by atoms with Crippen molar-refractivity contribution in [1.29, 1.82) is 0 Å². The van der Waals surface area contributed by atoms with E-state index >= 15 is 0 Å². The first kappa shape index (κ1) is 22.1. The summed E-state index contributed by atoms with van der Waals surface area (Å²) in [6, 6.07) is 7.16. The van der Waals surface area contributed by atoms with Gasteiger partial charge in [0.05, 0.1) is 21.3 Å². The molecule has 0 aromatic heterocycles. The minimum Gasteiger partial charge on any atom is -0.506 e. The molecule has 1 atom stereocenters. The van der Waals surface area contributed by atoms with Gasteiger partial charge < -0.3 is 10.0 Å². The molecule has 0 radical (unpaired) electrons. The first-order valence-corrected chi connectivity index (χ1v) is 11.1. The SMILES string of the molecule is CC1CC(C)(C)N(C)c2cc(Cl)c(/C=N\NC(=O)c3cc(Br)cc(Br)c3O)cc21. The number of hydrogen-bond acceptors (Lipinski definition) is 4. The molecule has 1 aliphatic rings. The maximum Gasteiger partial charge on any atom is 0.275 e. The maximum absolute atomic E-state index is 12.4. The fourth-order valence-corrected chi connectivity index (χ4v) is 5.10. The van der Waals surface area contributed by atoms with Crippen molar-refractivity contribution in [2.45, 2.75) is 38.6 Å². The van der Waals surface area contributed by atoms with Gasteiger partial charge in [0.2, 0.25) is 0 Å². The Hall–Kier alpha value is -1.57. The zero-order valence-corrected chi connectivity index (χ0v) is 20.5. The Bertz CT molecular complexity index is 1010. The molecule has 8 heteroatoms. The number of phenols is 1. The summed E-state index contributed by atoms with van der Waals surface area (Å²) in [5.74, 6) is -0.289. The summed E-state index contributed by atoms with van der Waals surface area (Å²) < 4.78 is 1.08. The number of amides is 1. The van der Waals surface area contributed by atoms with Gasteiger partial charge in [0.15, 0.2) is 0 Å². The molecule has 2 aromatic rings. The summed E-state index contributed by atoms with van der Waals surface area (Å²) in [6.07, 6.45) is 2.56. The van der Waals surface area contributed by atoms with Crippen molar-refractivity contribution in [2.24, 2.45) is 5.10 Å². The summed E-state index contributed by atoms with van der Waals surface area (Å²) in [6.45, 7) is 6.65. The number of anilines is 1. The van der Waals surface area contributed by atoms with Crippen molar-refractivity contribution in [3.05, 3.63) is 54.9 Å². The van der Waals surface area contributed by atoms with E-state index in [-0.39, 0.29) is 16.9 Å². The number of hydrogen-bond donors (Lipinski definition) is 2. The summed E-state index contributed by atoms with van der Waals surface area (Å²) in [5, 5.41) is 14.7. The van der Waals surface area contributed by atoms with Crippen molar-refractivity contribution in [3.63, 3.8) is 0 Å². The van der Waals surface area contributed by atoms with Gasteiger partial charge in [-0.1, -0.05) is 34.5 Å². The molecule has 0 bridgehead atoms. The molecule has 1 aliphatic heterocycles. The second-order valence-corrected chi connectivity index (χ2v) is 10.1. The average Bonchev–Trinajstić information content (AvgIpc) is 2.63. The number of rotatable bonds is 3. The lowest BCUT2D eigenvalue weighted by molar-refractivity contribution is 0.0952. The Balaban J connectivity index is 1.84. The number of phenolic OH excluding ortho intramolecular Hbond substituents is 1. The van der Waals surface area contributed by atoms with Crippen LogP contribution in [-0.2, 0) is 0 Å². The van der Waals surface area contributed by atoms with Gasteiger partial charge in [0, 0.05) is 28.3 Å². The van der Waals surface area contributed by atoms with Gasteiger partial charge in [-0.2, -0.15) is 5.10 Å². The quantitative estimate of drug-likeness (QED) is 0.366. The van der Waals surface area contributed by atoms with Crippen molar-refractivity contribution < 1.29 is 9.90 Å². The number of fused-ring (bicyclic) bond motifs is 1. The molecule has 2 N–H and O–H groups in total. The minimum absolute atomic E-state index is 0.0551. The Kier molecular flexibility index (Phi) is 6.32. The van der Waals surface area contributed by atoms with Crippen molar-refractivity contribution in [1.82, 2.24) is 5.43 Å². The fraction of sp³-hybridized carbons (Fsp3) is 0.333. The zero-order chi connectivity index (χ0) is 21.5. The molecular weight excluding hydrogens is 522 g/mol. The molecule has 3 rings (SSSR count). The predicted octanol–water partition coefficient (Wildman–Crippen LogP) is 6.06. The van der Waals surface area contributed by atoms with Crippen molar-refractivity contribution in [2.75, 3.05) is 11.9 Å². The Morgan fingerprint density at radius 2 is 2.03 bits per heavy atom. The van der Waals surface area contributed by atoms with Crippen LogP contribution in [0.4, 0.5) is 5.69 Å². The molecular formula is C21H22Br2ClN3O2. The number of carbonyl (C=O) groups is 1. The second-order valence-electron chi connectivity index (χ2n) is 7.89. The van der Waals surface area contributed by atoms with Gasteiger partial charge in [0.1, 0.15) is 5.75 Å². The topological polar surface area (TPSA) is 64.9 Å². The van der Waals surface area contributed by atoms with E-state index in [2.05, 4.69) is 75.1 Å². The van der Waals surface area contributed by atoms with Crippen LogP contribution in [0.1, 0.15) is 54.6 Å². The Labute approximate surface area is 192 Å². The van der Waals surface area contributed by atoms with Crippen LogP contribution in [0.15, 0.2) is 38.3 Å². The Morgan fingerprint density at radius 3 is 2.72 bits per heavy atom. The first-order valence-electron chi connectivity index (χ1n) is 9.10. The third-order valence-corrected chi connectivity index (χ3v) is 6.78. The highest BCUT2D eigenvalue weighted by atomic mass is 79.9. The minimum atomic E-state index is -0.523. The van der Waals surface area contributed by atoms with Crippen LogP contribution >= 0.6 is 43.5 Å². The predicted molar refractivity (Wildman–Crippen MR) is 126 cm³/mol. The van der Waals surface area contributed by atoms with E-state index in [1.807, 2.05) is 12.1 Å². The molecule has 0 spiro atoms. The normalized spacial score (nSPS) is 18.0. The van der Waals surface area contributed by atoms with Gasteiger partial charge in [-0.25, -0.2) is 5.43 Å². The standard InChI is InChI=1S/C21H22Br2ClN3O2/c1-11-9-21(2,3)27(4)18-8-17(24)12(5-14(11)18)10-25-26-20(29)15-6-13(22)7-16(23)19(15)28/h5-8,10-11,28H,9H2,1-4H3,(H,26,29)/b25-10-. The van der Waals surface area contributed by atoms with E-state index in [0.29, 0.717) is 19.9 Å². The summed E-state index contributed by atoms with van der Waals surface area (Å²) >= 11 is 13.0. The van der Waals surface area contributed by atoms with Crippen LogP contribution in [-0.4, -0.2) is 29.8 Å². The van der Waals surface area contributed by atoms with Crippen LogP contribution < -0.4 is 10.3 Å². The number of nitrogens with one attached hydrogen (secondary N) is 1. The highest BCUT2D eigenvalue weighted by Crippen LogP contribution is 2.44. The molecule has 0 saturated heterocycles. The van der Waals surface area contributed by atoms with Gasteiger partial charge in [-0.15, -0.1) is 0 Å². The maximum atomic E-state index is 12.4. The highest BCUT2D eigenvalue weighted by molar-refractivity contribution is 9.11. The number of nitrogens with zero attached hydrogens (tertiary/aromatic N) is 2. The highest BCUT2D eigenvalue weighted by Gasteiger charge is 2.34. The first-order chi connectivity index (χ1) is 13.5. The van der Waals surface area contributed by atoms with Gasteiger partial charge >= 0.3 is 0 Å². The molecule has 5 nitrogen and oxygen atoms in total. The van der Waals surface area contributed by atoms with E-state index in [1.54, 1.807) is 6.07 Å². The molecule has 2 aromatic carbocycles. The third kappa shape index (κ3) is 4.47. The lowest BCUT2D eigenvalue weighted by Crippen LogP contribution is -2.45. The van der Waals surface area contributed by atoms with E-state index in [1.165, 1.54) is 17.8 Å². The summed E-state index contributed by atoms with van der Waals surface area (Å²) in [7, 11) is 2.08. The largest absolute Gasteiger partial charge is 0.506 e. The van der Waals surface area contributed by atoms with Gasteiger partial charge in [-0.3, -0.25) is 4.79 Å². The van der Waals surface area contributed by atoms with E-state index in [4.69, 9.17) is 11.6 Å². The van der Waals surface area contributed by atoms with Crippen LogP contribution in [0.2, 0.25) is 5.02 Å².